The minimum absolute atomic E-state index is 0. The van der Waals surface area contributed by atoms with Crippen molar-refractivity contribution in [1.82, 2.24) is 9.97 Å². The van der Waals surface area contributed by atoms with Crippen LogP contribution in [-0.4, -0.2) is 70.8 Å². The Labute approximate surface area is 252 Å². The van der Waals surface area contributed by atoms with E-state index in [-0.39, 0.29) is 42.4 Å². The molecule has 2 aliphatic rings. The Kier molecular flexibility index (Phi) is 9.36. The number of aromatic nitrogens is 2. The Morgan fingerprint density at radius 1 is 0.923 bits per heavy atom. The summed E-state index contributed by atoms with van der Waals surface area (Å²) < 4.78 is 69.4. The van der Waals surface area contributed by atoms with Crippen LogP contribution in [0.4, 0.5) is 11.4 Å². The van der Waals surface area contributed by atoms with Crippen molar-refractivity contribution in [3.8, 4) is 0 Å². The van der Waals surface area contributed by atoms with Crippen LogP contribution in [-0.2, 0) is 31.1 Å². The van der Waals surface area contributed by atoms with Crippen molar-refractivity contribution in [2.45, 2.75) is 51.4 Å². The van der Waals surface area contributed by atoms with Gasteiger partial charge >= 0.3 is 29.6 Å². The molecule has 0 saturated carbocycles. The molecule has 0 aliphatic carbocycles. The average Bonchev–Trinajstić information content (AvgIpc) is 3.15. The average molecular weight is 583 g/mol. The summed E-state index contributed by atoms with van der Waals surface area (Å²) >= 11 is 0. The molecule has 2 aromatic rings. The van der Waals surface area contributed by atoms with Gasteiger partial charge in [-0.25, -0.2) is 16.8 Å². The van der Waals surface area contributed by atoms with Gasteiger partial charge in [-0.2, -0.15) is 4.58 Å². The van der Waals surface area contributed by atoms with Crippen molar-refractivity contribution in [2.75, 3.05) is 29.5 Å². The van der Waals surface area contributed by atoms with Gasteiger partial charge < -0.3 is 14.0 Å². The van der Waals surface area contributed by atoms with Crippen LogP contribution in [0, 0.1) is 0 Å². The second-order valence-corrected chi connectivity index (χ2v) is 13.6. The summed E-state index contributed by atoms with van der Waals surface area (Å²) in [4.78, 5) is 11.1. The third-order valence-electron chi connectivity index (χ3n) is 7.03. The van der Waals surface area contributed by atoms with Gasteiger partial charge in [0, 0.05) is 42.9 Å². The van der Waals surface area contributed by atoms with Gasteiger partial charge in [-0.15, -0.1) is 0 Å². The monoisotopic (exact) mass is 582 g/mol. The molecule has 204 valence electrons. The van der Waals surface area contributed by atoms with Crippen molar-refractivity contribution in [1.29, 1.82) is 0 Å². The normalized spacial score (nSPS) is 17.4. The largest absolute Gasteiger partial charge is 1.00 e. The topological polar surface area (TPSA) is 146 Å². The first-order chi connectivity index (χ1) is 17.6. The van der Waals surface area contributed by atoms with E-state index in [1.54, 1.807) is 12.4 Å². The summed E-state index contributed by atoms with van der Waals surface area (Å²) in [5.74, 6) is -0.944. The Bertz CT molecular complexity index is 1580. The van der Waals surface area contributed by atoms with Gasteiger partial charge in [-0.1, -0.05) is 5.73 Å². The van der Waals surface area contributed by atoms with Crippen LogP contribution in [0.2, 0.25) is 0 Å². The maximum Gasteiger partial charge on any atom is 1.00 e. The van der Waals surface area contributed by atoms with E-state index in [1.165, 1.54) is 0 Å². The van der Waals surface area contributed by atoms with E-state index < -0.39 is 42.6 Å². The molecule has 4 heterocycles. The molecule has 13 heteroatoms. The van der Waals surface area contributed by atoms with Crippen molar-refractivity contribution in [2.24, 2.45) is 0 Å². The van der Waals surface area contributed by atoms with Crippen LogP contribution >= 0.6 is 0 Å². The second kappa shape index (κ2) is 11.5. The fourth-order valence-corrected chi connectivity index (χ4v) is 6.24. The standard InChI is InChI=1S/C26H32N4O6S2.Na/c1-25(2)21(29(15-7-17-37(31,32)33)19-9-5-13-27-23(19)25)11-12-22-26(3,4)24-20(10-6-14-28-24)30(22)16-8-18-38(34,35)36;/h5-6,9-11,13-14H,7-8,15-18H2,1-4H3,(H-,31,32,33,34,35,36);/q;+1/p-1. The molecule has 2 aliphatic heterocycles. The van der Waals surface area contributed by atoms with E-state index in [0.29, 0.717) is 13.1 Å². The molecule has 0 bridgehead atoms. The molecule has 0 radical (unpaired) electrons. The van der Waals surface area contributed by atoms with Gasteiger partial charge in [0.1, 0.15) is 12.2 Å². The summed E-state index contributed by atoms with van der Waals surface area (Å²) in [5, 5.41) is 0. The summed E-state index contributed by atoms with van der Waals surface area (Å²) in [7, 11) is -8.70. The summed E-state index contributed by atoms with van der Waals surface area (Å²) in [6.45, 7) is 8.67. The Morgan fingerprint density at radius 2 is 1.51 bits per heavy atom. The molecular weight excluding hydrogens is 551 g/mol. The molecule has 0 amide bonds. The smallest absolute Gasteiger partial charge is 0.748 e. The molecule has 10 nitrogen and oxygen atoms in total. The van der Waals surface area contributed by atoms with Gasteiger partial charge in [0.25, 0.3) is 0 Å². The summed E-state index contributed by atoms with van der Waals surface area (Å²) in [6, 6.07) is 7.44. The first-order valence-electron chi connectivity index (χ1n) is 12.3. The Hall–Kier alpha value is -1.89. The predicted octanol–water partition coefficient (Wildman–Crippen LogP) is -0.436. The molecule has 0 N–H and O–H groups in total. The van der Waals surface area contributed by atoms with Gasteiger partial charge in [0.15, 0.2) is 0 Å². The van der Waals surface area contributed by atoms with Crippen molar-refractivity contribution in [3.05, 3.63) is 65.6 Å². The van der Waals surface area contributed by atoms with Gasteiger partial charge in [-0.05, 0) is 52.3 Å². The third-order valence-corrected chi connectivity index (χ3v) is 8.61. The van der Waals surface area contributed by atoms with E-state index in [1.807, 2.05) is 67.5 Å². The molecule has 39 heavy (non-hydrogen) atoms. The van der Waals surface area contributed by atoms with E-state index in [0.717, 1.165) is 34.2 Å². The minimum atomic E-state index is -4.35. The summed E-state index contributed by atoms with van der Waals surface area (Å²) in [5.41, 5.74) is 7.28. The van der Waals surface area contributed by atoms with Crippen LogP contribution in [0.1, 0.15) is 51.9 Å². The number of nitrogens with zero attached hydrogens (tertiary/aromatic N) is 4. The number of allylic oxidation sites excluding steroid dienone is 1. The van der Waals surface area contributed by atoms with E-state index in [2.05, 4.69) is 15.7 Å². The molecule has 0 fully saturated rings. The second-order valence-electron chi connectivity index (χ2n) is 10.5. The SMILES string of the molecule is CC1(C)C(=C=CC2=[N+](CCCS(=O)(=O)[O-])c3cccnc3C2(C)C)N(CCCS(=O)(=O)[O-])c2cccnc21.[Na+]. The molecular formula is C26H31N4NaO6S2. The third kappa shape index (κ3) is 6.71. The molecule has 0 saturated heterocycles. The van der Waals surface area contributed by atoms with Crippen LogP contribution in [0.5, 0.6) is 0 Å². The van der Waals surface area contributed by atoms with Gasteiger partial charge in [-0.3, -0.25) is 9.97 Å². The molecule has 0 atom stereocenters. The van der Waals surface area contributed by atoms with Crippen LogP contribution < -0.4 is 34.5 Å². The number of hydrogen-bond donors (Lipinski definition) is 0. The van der Waals surface area contributed by atoms with Gasteiger partial charge in [0.05, 0.1) is 54.2 Å². The minimum Gasteiger partial charge on any atom is -0.748 e. The van der Waals surface area contributed by atoms with Gasteiger partial charge in [0.2, 0.25) is 11.4 Å². The predicted molar refractivity (Wildman–Crippen MR) is 142 cm³/mol. The Balaban J connectivity index is 0.00000420. The first kappa shape index (κ1) is 31.6. The molecule has 0 unspecified atom stereocenters. The number of fused-ring (bicyclic) bond motifs is 2. The first-order valence-corrected chi connectivity index (χ1v) is 15.5. The maximum atomic E-state index is 11.2. The number of pyridine rings is 2. The maximum absolute atomic E-state index is 11.2. The van der Waals surface area contributed by atoms with Crippen molar-refractivity contribution in [3.63, 3.8) is 0 Å². The number of anilines is 1. The number of hydrogen-bond acceptors (Lipinski definition) is 9. The van der Waals surface area contributed by atoms with E-state index in [9.17, 15) is 25.9 Å². The van der Waals surface area contributed by atoms with Crippen molar-refractivity contribution >= 4 is 37.3 Å². The zero-order chi connectivity index (χ0) is 27.9. The van der Waals surface area contributed by atoms with Crippen molar-refractivity contribution < 1.29 is 60.1 Å². The van der Waals surface area contributed by atoms with Crippen LogP contribution in [0.25, 0.3) is 0 Å². The fraction of sp³-hybridized carbons (Fsp3) is 0.462. The summed E-state index contributed by atoms with van der Waals surface area (Å²) in [6.07, 6.45) is 5.57. The molecule has 2 aromatic heterocycles. The van der Waals surface area contributed by atoms with Crippen LogP contribution in [0.15, 0.2) is 54.2 Å². The zero-order valence-electron chi connectivity index (χ0n) is 22.8. The van der Waals surface area contributed by atoms with E-state index >= 15 is 0 Å². The molecule has 0 aromatic carbocycles. The fourth-order valence-electron chi connectivity index (χ4n) is 5.28. The van der Waals surface area contributed by atoms with Crippen LogP contribution in [0.3, 0.4) is 0 Å². The zero-order valence-corrected chi connectivity index (χ0v) is 26.5. The Morgan fingerprint density at radius 3 is 2.15 bits per heavy atom. The molecule has 4 rings (SSSR count). The molecule has 0 spiro atoms. The van der Waals surface area contributed by atoms with E-state index in [4.69, 9.17) is 0 Å². The number of rotatable bonds is 9. The quantitative estimate of drug-likeness (QED) is 0.166.